The van der Waals surface area contributed by atoms with Gasteiger partial charge in [0.15, 0.2) is 0 Å². The van der Waals surface area contributed by atoms with Crippen molar-refractivity contribution in [2.45, 2.75) is 6.10 Å². The number of carbonyl (C=O) groups excluding carboxylic acids is 1. The summed E-state index contributed by atoms with van der Waals surface area (Å²) in [5, 5.41) is 0. The van der Waals surface area contributed by atoms with Crippen molar-refractivity contribution in [2.75, 3.05) is 33.2 Å². The van der Waals surface area contributed by atoms with Crippen LogP contribution in [0.15, 0.2) is 17.3 Å². The lowest BCUT2D eigenvalue weighted by Crippen LogP contribution is -2.36. The predicted molar refractivity (Wildman–Crippen MR) is 68.7 cm³/mol. The first-order valence-corrected chi connectivity index (χ1v) is 7.67. The maximum absolute atomic E-state index is 11.5. The molecule has 0 radical (unpaired) electrons. The number of rotatable bonds is 5. The summed E-state index contributed by atoms with van der Waals surface area (Å²) < 4.78 is 22.1. The van der Waals surface area contributed by atoms with E-state index in [1.807, 2.05) is 0 Å². The van der Waals surface area contributed by atoms with Gasteiger partial charge in [0, 0.05) is 19.9 Å². The van der Waals surface area contributed by atoms with Gasteiger partial charge in [-0.1, -0.05) is 0 Å². The second kappa shape index (κ2) is 6.68. The fourth-order valence-corrected chi connectivity index (χ4v) is 2.33. The van der Waals surface area contributed by atoms with E-state index < -0.39 is 7.37 Å². The first-order chi connectivity index (χ1) is 8.46. The molecular formula is C10H18N3O4P. The van der Waals surface area contributed by atoms with Gasteiger partial charge in [-0.15, -0.1) is 0 Å². The van der Waals surface area contributed by atoms with E-state index in [-0.39, 0.29) is 19.1 Å². The first kappa shape index (κ1) is 14.9. The van der Waals surface area contributed by atoms with E-state index in [4.69, 9.17) is 15.0 Å². The molecule has 8 heteroatoms. The Bertz CT molecular complexity index is 385. The van der Waals surface area contributed by atoms with E-state index >= 15 is 0 Å². The molecule has 1 unspecified atom stereocenters. The summed E-state index contributed by atoms with van der Waals surface area (Å²) in [6.45, 7) is 2.05. The summed E-state index contributed by atoms with van der Waals surface area (Å²) >= 11 is 0. The number of amidine groups is 1. The van der Waals surface area contributed by atoms with Crippen molar-refractivity contribution in [3.05, 3.63) is 12.3 Å². The summed E-state index contributed by atoms with van der Waals surface area (Å²) in [5.74, 6) is 0.320. The predicted octanol–water partition coefficient (Wildman–Crippen LogP) is 0.226. The SMILES string of the molecule is CN=C(N)/C=C\N(C=O)C[C@H]1COP(C)(=O)CO1. The van der Waals surface area contributed by atoms with Crippen molar-refractivity contribution in [3.63, 3.8) is 0 Å². The molecule has 1 heterocycles. The molecule has 1 amide bonds. The number of nitrogens with two attached hydrogens (primary N) is 1. The molecule has 1 fully saturated rings. The highest BCUT2D eigenvalue weighted by Gasteiger charge is 2.27. The molecule has 102 valence electrons. The van der Waals surface area contributed by atoms with Gasteiger partial charge in [-0.3, -0.25) is 14.4 Å². The molecule has 18 heavy (non-hydrogen) atoms. The van der Waals surface area contributed by atoms with Crippen LogP contribution in [0.25, 0.3) is 0 Å². The van der Waals surface area contributed by atoms with Crippen molar-refractivity contribution < 1.29 is 18.6 Å². The van der Waals surface area contributed by atoms with Crippen LogP contribution in [0.5, 0.6) is 0 Å². The van der Waals surface area contributed by atoms with Crippen molar-refractivity contribution in [3.8, 4) is 0 Å². The molecule has 2 atom stereocenters. The average molecular weight is 275 g/mol. The molecule has 1 aliphatic heterocycles. The molecule has 0 aliphatic carbocycles. The number of nitrogens with zero attached hydrogens (tertiary/aromatic N) is 2. The van der Waals surface area contributed by atoms with Crippen molar-refractivity contribution in [1.29, 1.82) is 0 Å². The smallest absolute Gasteiger partial charge is 0.225 e. The van der Waals surface area contributed by atoms with Gasteiger partial charge in [0.05, 0.1) is 19.3 Å². The number of amides is 1. The van der Waals surface area contributed by atoms with Gasteiger partial charge in [-0.25, -0.2) is 0 Å². The molecule has 0 spiro atoms. The Balaban J connectivity index is 2.47. The molecule has 0 aromatic rings. The lowest BCUT2D eigenvalue weighted by molar-refractivity contribution is -0.117. The van der Waals surface area contributed by atoms with Gasteiger partial charge in [0.2, 0.25) is 13.8 Å². The van der Waals surface area contributed by atoms with Crippen LogP contribution in [0.3, 0.4) is 0 Å². The Kier molecular flexibility index (Phi) is 5.53. The third kappa shape index (κ3) is 5.00. The number of hydrogen-bond acceptors (Lipinski definition) is 5. The average Bonchev–Trinajstić information content (AvgIpc) is 2.35. The normalized spacial score (nSPS) is 29.4. The minimum absolute atomic E-state index is 0.0760. The maximum Gasteiger partial charge on any atom is 0.225 e. The van der Waals surface area contributed by atoms with E-state index in [2.05, 4.69) is 4.99 Å². The summed E-state index contributed by atoms with van der Waals surface area (Å²) in [4.78, 5) is 16.0. The van der Waals surface area contributed by atoms with E-state index in [0.29, 0.717) is 18.8 Å². The molecule has 7 nitrogen and oxygen atoms in total. The first-order valence-electron chi connectivity index (χ1n) is 5.41. The highest BCUT2D eigenvalue weighted by atomic mass is 31.2. The Labute approximate surface area is 106 Å². The molecule has 0 aromatic heterocycles. The minimum atomic E-state index is -2.60. The Morgan fingerprint density at radius 2 is 2.39 bits per heavy atom. The van der Waals surface area contributed by atoms with Crippen molar-refractivity contribution in [2.24, 2.45) is 10.7 Å². The summed E-state index contributed by atoms with van der Waals surface area (Å²) in [7, 11) is -1.04. The van der Waals surface area contributed by atoms with E-state index in [0.717, 1.165) is 0 Å². The van der Waals surface area contributed by atoms with Crippen LogP contribution < -0.4 is 5.73 Å². The van der Waals surface area contributed by atoms with Crippen LogP contribution in [0.1, 0.15) is 0 Å². The third-order valence-electron chi connectivity index (χ3n) is 2.32. The summed E-state index contributed by atoms with van der Waals surface area (Å²) in [5.41, 5.74) is 5.47. The zero-order chi connectivity index (χ0) is 13.6. The fraction of sp³-hybridized carbons (Fsp3) is 0.600. The number of ether oxygens (including phenoxy) is 1. The monoisotopic (exact) mass is 275 g/mol. The molecule has 2 N–H and O–H groups in total. The van der Waals surface area contributed by atoms with Gasteiger partial charge < -0.3 is 19.9 Å². The molecule has 0 aromatic carbocycles. The van der Waals surface area contributed by atoms with E-state index in [1.165, 1.54) is 23.8 Å². The Morgan fingerprint density at radius 3 is 2.89 bits per heavy atom. The molecule has 1 saturated heterocycles. The van der Waals surface area contributed by atoms with E-state index in [9.17, 15) is 9.36 Å². The van der Waals surface area contributed by atoms with Crippen LogP contribution in [0.2, 0.25) is 0 Å². The van der Waals surface area contributed by atoms with Gasteiger partial charge in [-0.05, 0) is 6.08 Å². The molecule has 0 saturated carbocycles. The highest BCUT2D eigenvalue weighted by molar-refractivity contribution is 7.58. The van der Waals surface area contributed by atoms with Gasteiger partial charge >= 0.3 is 0 Å². The van der Waals surface area contributed by atoms with Crippen LogP contribution >= 0.6 is 7.37 Å². The topological polar surface area (TPSA) is 94.2 Å². The van der Waals surface area contributed by atoms with Crippen molar-refractivity contribution in [1.82, 2.24) is 4.90 Å². The summed E-state index contributed by atoms with van der Waals surface area (Å²) in [6, 6.07) is 0. The van der Waals surface area contributed by atoms with Crippen LogP contribution in [0.4, 0.5) is 0 Å². The zero-order valence-electron chi connectivity index (χ0n) is 10.5. The van der Waals surface area contributed by atoms with Crippen LogP contribution in [-0.2, 0) is 18.6 Å². The molecule has 1 aliphatic rings. The standard InChI is InChI=1S/C10H18N3O4P/c1-12-10(11)3-4-13(7-14)5-9-6-17-18(2,15)8-16-9/h3-4,7,9H,5-6,8H2,1-2H3,(H2,11,12)/b4-3-/t9-,18?/m0/s1. The number of hydrogen-bond donors (Lipinski definition) is 1. The number of carbonyl (C=O) groups is 1. The third-order valence-corrected chi connectivity index (χ3v) is 3.64. The molecule has 1 rings (SSSR count). The maximum atomic E-state index is 11.5. The molecule has 0 bridgehead atoms. The van der Waals surface area contributed by atoms with Crippen LogP contribution in [0, 0.1) is 0 Å². The summed E-state index contributed by atoms with van der Waals surface area (Å²) in [6.07, 6.45) is 3.47. The second-order valence-corrected chi connectivity index (χ2v) is 6.54. The Morgan fingerprint density at radius 1 is 1.67 bits per heavy atom. The second-order valence-electron chi connectivity index (χ2n) is 3.99. The molecular weight excluding hydrogens is 257 g/mol. The highest BCUT2D eigenvalue weighted by Crippen LogP contribution is 2.45. The lowest BCUT2D eigenvalue weighted by Gasteiger charge is -2.29. The van der Waals surface area contributed by atoms with Crippen molar-refractivity contribution >= 4 is 19.6 Å². The van der Waals surface area contributed by atoms with Gasteiger partial charge in [-0.2, -0.15) is 0 Å². The number of aliphatic imine (C=N–C) groups is 1. The van der Waals surface area contributed by atoms with Gasteiger partial charge in [0.1, 0.15) is 12.2 Å². The van der Waals surface area contributed by atoms with Gasteiger partial charge in [0.25, 0.3) is 0 Å². The zero-order valence-corrected chi connectivity index (χ0v) is 11.4. The lowest BCUT2D eigenvalue weighted by atomic mass is 10.3. The largest absolute Gasteiger partial charge is 0.384 e. The quantitative estimate of drug-likeness (QED) is 0.335. The van der Waals surface area contributed by atoms with E-state index in [1.54, 1.807) is 7.05 Å². The Hall–Kier alpha value is -1.17. The van der Waals surface area contributed by atoms with Crippen LogP contribution in [-0.4, -0.2) is 56.5 Å². The minimum Gasteiger partial charge on any atom is -0.384 e. The fourth-order valence-electron chi connectivity index (χ4n) is 1.29.